The number of hydrogen-bond acceptors (Lipinski definition) is 3. The van der Waals surface area contributed by atoms with Crippen LogP contribution in [0.2, 0.25) is 0 Å². The minimum Gasteiger partial charge on any atom is -0.237 e. The Labute approximate surface area is 168 Å². The molecule has 152 valence electrons. The minimum absolute atomic E-state index is 0.0114. The lowest BCUT2D eigenvalue weighted by molar-refractivity contribution is 0.263. The maximum atomic E-state index is 13.0. The van der Waals surface area contributed by atoms with Crippen molar-refractivity contribution in [1.29, 1.82) is 0 Å². The van der Waals surface area contributed by atoms with Crippen LogP contribution in [0.3, 0.4) is 0 Å². The predicted octanol–water partition coefficient (Wildman–Crippen LogP) is 3.51. The Morgan fingerprint density at radius 1 is 1.14 bits per heavy atom. The minimum atomic E-state index is -3.49. The van der Waals surface area contributed by atoms with Gasteiger partial charge < -0.3 is 0 Å². The summed E-state index contributed by atoms with van der Waals surface area (Å²) in [5.74, 6) is 0. The number of para-hydroxylation sites is 1. The van der Waals surface area contributed by atoms with E-state index in [1.54, 1.807) is 4.31 Å². The third kappa shape index (κ3) is 3.75. The number of fused-ring (bicyclic) bond motifs is 1. The van der Waals surface area contributed by atoms with Crippen molar-refractivity contribution in [3.63, 3.8) is 0 Å². The van der Waals surface area contributed by atoms with Crippen LogP contribution in [0.4, 0.5) is 0 Å². The normalized spacial score (nSPS) is 22.8. The van der Waals surface area contributed by atoms with Gasteiger partial charge in [-0.15, -0.1) is 0 Å². The summed E-state index contributed by atoms with van der Waals surface area (Å²) in [6, 6.07) is 7.93. The molecule has 1 aromatic carbocycles. The summed E-state index contributed by atoms with van der Waals surface area (Å²) in [7, 11) is -3.49. The van der Waals surface area contributed by atoms with Gasteiger partial charge in [0.05, 0.1) is 17.9 Å². The number of aromatic nitrogens is 2. The molecule has 0 radical (unpaired) electrons. The molecular weight excluding hydrogens is 372 g/mol. The van der Waals surface area contributed by atoms with Gasteiger partial charge in [-0.2, -0.15) is 22.5 Å². The van der Waals surface area contributed by atoms with E-state index in [4.69, 9.17) is 0 Å². The lowest BCUT2D eigenvalue weighted by Crippen LogP contribution is -2.46. The Morgan fingerprint density at radius 2 is 1.86 bits per heavy atom. The van der Waals surface area contributed by atoms with E-state index < -0.39 is 10.2 Å². The summed E-state index contributed by atoms with van der Waals surface area (Å²) in [5.41, 5.74) is 4.31. The topological polar surface area (TPSA) is 67.2 Å². The third-order valence-electron chi connectivity index (χ3n) is 5.97. The first kappa shape index (κ1) is 19.6. The van der Waals surface area contributed by atoms with Crippen molar-refractivity contribution in [2.24, 2.45) is 5.41 Å². The Balaban J connectivity index is 1.69. The van der Waals surface area contributed by atoms with E-state index in [9.17, 15) is 8.42 Å². The molecule has 1 aromatic heterocycles. The molecular formula is C21H30N4O2S. The molecule has 1 atom stereocenters. The highest BCUT2D eigenvalue weighted by Crippen LogP contribution is 2.42. The van der Waals surface area contributed by atoms with Crippen LogP contribution < -0.4 is 4.72 Å². The second kappa shape index (κ2) is 7.28. The van der Waals surface area contributed by atoms with Crippen LogP contribution in [-0.2, 0) is 16.6 Å². The highest BCUT2D eigenvalue weighted by molar-refractivity contribution is 7.87. The van der Waals surface area contributed by atoms with E-state index in [0.29, 0.717) is 13.1 Å². The molecule has 7 heteroatoms. The van der Waals surface area contributed by atoms with Gasteiger partial charge in [0.2, 0.25) is 0 Å². The van der Waals surface area contributed by atoms with Crippen molar-refractivity contribution in [3.05, 3.63) is 47.3 Å². The molecule has 2 aliphatic rings. The van der Waals surface area contributed by atoms with Gasteiger partial charge in [-0.1, -0.05) is 38.5 Å². The smallest absolute Gasteiger partial charge is 0.237 e. The van der Waals surface area contributed by atoms with Crippen LogP contribution >= 0.6 is 0 Å². The maximum Gasteiger partial charge on any atom is 0.280 e. The zero-order valence-corrected chi connectivity index (χ0v) is 17.8. The molecule has 4 rings (SSSR count). The first-order chi connectivity index (χ1) is 13.3. The van der Waals surface area contributed by atoms with Gasteiger partial charge in [0.25, 0.3) is 10.2 Å². The van der Waals surface area contributed by atoms with E-state index in [2.05, 4.69) is 42.7 Å². The standard InChI is InChI=1S/C21H30N4O2S/c1-16-9-5-6-10-19(16)25-20-14-21(2,3)13-18(17(20)15-22-25)23-28(26,27)24-11-7-4-8-12-24/h5-6,9-10,15,18,23H,4,7-8,11-14H2,1-3H3/t18-/m0/s1. The molecule has 2 aromatic rings. The average molecular weight is 403 g/mol. The lowest BCUT2D eigenvalue weighted by atomic mass is 9.74. The zero-order chi connectivity index (χ0) is 19.9. The van der Waals surface area contributed by atoms with Crippen LogP contribution in [0.1, 0.15) is 62.4 Å². The van der Waals surface area contributed by atoms with Crippen LogP contribution in [0.25, 0.3) is 5.69 Å². The van der Waals surface area contributed by atoms with Gasteiger partial charge in [-0.05, 0) is 49.7 Å². The molecule has 1 N–H and O–H groups in total. The van der Waals surface area contributed by atoms with Gasteiger partial charge >= 0.3 is 0 Å². The largest absolute Gasteiger partial charge is 0.280 e. The van der Waals surface area contributed by atoms with Gasteiger partial charge in [-0.25, -0.2) is 4.68 Å². The van der Waals surface area contributed by atoms with E-state index >= 15 is 0 Å². The molecule has 0 bridgehead atoms. The molecule has 0 unspecified atom stereocenters. The first-order valence-electron chi connectivity index (χ1n) is 10.2. The van der Waals surface area contributed by atoms with Crippen molar-refractivity contribution < 1.29 is 8.42 Å². The highest BCUT2D eigenvalue weighted by Gasteiger charge is 2.38. The number of hydrogen-bond donors (Lipinski definition) is 1. The van der Waals surface area contributed by atoms with E-state index in [0.717, 1.165) is 54.6 Å². The van der Waals surface area contributed by atoms with Crippen LogP contribution in [0.15, 0.2) is 30.5 Å². The number of nitrogens with one attached hydrogen (secondary N) is 1. The Morgan fingerprint density at radius 3 is 2.57 bits per heavy atom. The van der Waals surface area contributed by atoms with Crippen LogP contribution in [0.5, 0.6) is 0 Å². The fourth-order valence-corrected chi connectivity index (χ4v) is 5.97. The molecule has 1 aliphatic heterocycles. The fraction of sp³-hybridized carbons (Fsp3) is 0.571. The van der Waals surface area contributed by atoms with Crippen molar-refractivity contribution in [3.8, 4) is 5.69 Å². The monoisotopic (exact) mass is 402 g/mol. The Bertz CT molecular complexity index is 959. The van der Waals surface area contributed by atoms with Gasteiger partial charge in [0.15, 0.2) is 0 Å². The first-order valence-corrected chi connectivity index (χ1v) is 11.6. The SMILES string of the molecule is Cc1ccccc1-n1ncc2c1CC(C)(C)C[C@@H]2NS(=O)(=O)N1CCCCC1. The molecule has 1 fully saturated rings. The molecule has 0 saturated carbocycles. The molecule has 2 heterocycles. The molecule has 1 aliphatic carbocycles. The summed E-state index contributed by atoms with van der Waals surface area (Å²) in [6.45, 7) is 7.70. The number of nitrogens with zero attached hydrogens (tertiary/aromatic N) is 3. The summed E-state index contributed by atoms with van der Waals surface area (Å²) < 4.78 is 32.6. The molecule has 6 nitrogen and oxygen atoms in total. The Hall–Kier alpha value is -1.70. The summed E-state index contributed by atoms with van der Waals surface area (Å²) >= 11 is 0. The zero-order valence-electron chi connectivity index (χ0n) is 17.0. The lowest BCUT2D eigenvalue weighted by Gasteiger charge is -2.37. The highest BCUT2D eigenvalue weighted by atomic mass is 32.2. The van der Waals surface area contributed by atoms with Gasteiger partial charge in [-0.3, -0.25) is 0 Å². The summed E-state index contributed by atoms with van der Waals surface area (Å²) in [4.78, 5) is 0. The fourth-order valence-electron chi connectivity index (χ4n) is 4.52. The van der Waals surface area contributed by atoms with E-state index in [1.807, 2.05) is 23.0 Å². The second-order valence-corrected chi connectivity index (χ2v) is 10.6. The van der Waals surface area contributed by atoms with Crippen molar-refractivity contribution in [1.82, 2.24) is 18.8 Å². The van der Waals surface area contributed by atoms with E-state index in [-0.39, 0.29) is 11.5 Å². The second-order valence-electron chi connectivity index (χ2n) is 8.93. The van der Waals surface area contributed by atoms with Crippen LogP contribution in [-0.4, -0.2) is 35.6 Å². The molecule has 0 spiro atoms. The van der Waals surface area contributed by atoms with Gasteiger partial charge in [0.1, 0.15) is 0 Å². The summed E-state index contributed by atoms with van der Waals surface area (Å²) in [6.07, 6.45) is 6.47. The predicted molar refractivity (Wildman–Crippen MR) is 111 cm³/mol. The quantitative estimate of drug-likeness (QED) is 0.851. The maximum absolute atomic E-state index is 13.0. The molecule has 0 amide bonds. The van der Waals surface area contributed by atoms with Crippen molar-refractivity contribution >= 4 is 10.2 Å². The van der Waals surface area contributed by atoms with Gasteiger partial charge in [0, 0.05) is 24.3 Å². The molecule has 28 heavy (non-hydrogen) atoms. The third-order valence-corrected chi connectivity index (χ3v) is 7.60. The number of benzene rings is 1. The number of aryl methyl sites for hydroxylation is 1. The number of rotatable bonds is 4. The summed E-state index contributed by atoms with van der Waals surface area (Å²) in [5, 5.41) is 4.66. The molecule has 1 saturated heterocycles. The Kier molecular flexibility index (Phi) is 5.10. The van der Waals surface area contributed by atoms with Crippen molar-refractivity contribution in [2.75, 3.05) is 13.1 Å². The van der Waals surface area contributed by atoms with Crippen LogP contribution in [0, 0.1) is 12.3 Å². The average Bonchev–Trinajstić information content (AvgIpc) is 3.05. The van der Waals surface area contributed by atoms with E-state index in [1.165, 1.54) is 0 Å². The van der Waals surface area contributed by atoms with Crippen molar-refractivity contribution in [2.45, 2.75) is 58.9 Å². The number of piperidine rings is 1.